The Hall–Kier alpha value is -2.73. The number of piperazine rings is 1. The van der Waals surface area contributed by atoms with Gasteiger partial charge in [0.2, 0.25) is 0 Å². The summed E-state index contributed by atoms with van der Waals surface area (Å²) in [4.78, 5) is 22.0. The number of nitrogens with zero attached hydrogens (tertiary/aromatic N) is 3. The molecule has 0 aliphatic carbocycles. The van der Waals surface area contributed by atoms with Crippen molar-refractivity contribution >= 4 is 34.6 Å². The second-order valence-electron chi connectivity index (χ2n) is 7.01. The van der Waals surface area contributed by atoms with E-state index in [1.165, 1.54) is 17.4 Å². The number of carbonyl (C=O) groups is 1. The molecule has 2 aliphatic heterocycles. The van der Waals surface area contributed by atoms with Crippen LogP contribution in [-0.4, -0.2) is 48.8 Å². The van der Waals surface area contributed by atoms with Crippen LogP contribution in [0.1, 0.15) is 18.9 Å². The molecule has 5 nitrogen and oxygen atoms in total. The lowest BCUT2D eigenvalue weighted by atomic mass is 10.2. The molecule has 2 aliphatic rings. The van der Waals surface area contributed by atoms with E-state index in [9.17, 15) is 4.79 Å². The Balaban J connectivity index is 1.41. The average Bonchev–Trinajstić information content (AvgIpc) is 3.14. The van der Waals surface area contributed by atoms with Crippen LogP contribution in [0.4, 0.5) is 5.69 Å². The molecule has 2 aromatic carbocycles. The summed E-state index contributed by atoms with van der Waals surface area (Å²) >= 11 is 1.46. The Morgan fingerprint density at radius 3 is 2.45 bits per heavy atom. The van der Waals surface area contributed by atoms with Crippen LogP contribution in [0.5, 0.6) is 5.75 Å². The number of aliphatic imine (C=N–C) groups is 1. The summed E-state index contributed by atoms with van der Waals surface area (Å²) in [5, 5.41) is 0.806. The second-order valence-corrected chi connectivity index (χ2v) is 8.02. The van der Waals surface area contributed by atoms with Crippen LogP contribution >= 0.6 is 11.8 Å². The molecule has 1 saturated heterocycles. The van der Waals surface area contributed by atoms with Gasteiger partial charge in [0.25, 0.3) is 5.91 Å². The fraction of sp³-hybridized carbons (Fsp3) is 0.304. The summed E-state index contributed by atoms with van der Waals surface area (Å²) < 4.78 is 5.81. The highest BCUT2D eigenvalue weighted by molar-refractivity contribution is 8.18. The summed E-state index contributed by atoms with van der Waals surface area (Å²) in [6.07, 6.45) is 2.84. The van der Waals surface area contributed by atoms with Gasteiger partial charge in [-0.15, -0.1) is 0 Å². The van der Waals surface area contributed by atoms with Gasteiger partial charge in [0.15, 0.2) is 5.17 Å². The van der Waals surface area contributed by atoms with Gasteiger partial charge < -0.3 is 14.5 Å². The first kappa shape index (κ1) is 19.6. The third-order valence-corrected chi connectivity index (χ3v) is 5.99. The molecule has 0 atom stereocenters. The zero-order chi connectivity index (χ0) is 20.1. The smallest absolute Gasteiger partial charge is 0.286 e. The maximum atomic E-state index is 12.5. The molecule has 0 radical (unpaired) electrons. The average molecular weight is 408 g/mol. The van der Waals surface area contributed by atoms with Gasteiger partial charge in [-0.2, -0.15) is 4.99 Å². The minimum Gasteiger partial charge on any atom is -0.493 e. The van der Waals surface area contributed by atoms with Crippen molar-refractivity contribution in [3.05, 3.63) is 65.1 Å². The second kappa shape index (κ2) is 9.18. The first-order valence-electron chi connectivity index (χ1n) is 10.0. The fourth-order valence-electron chi connectivity index (χ4n) is 3.41. The first-order valence-corrected chi connectivity index (χ1v) is 10.9. The zero-order valence-electron chi connectivity index (χ0n) is 16.6. The number of benzene rings is 2. The Bertz CT molecular complexity index is 919. The number of amidine groups is 1. The van der Waals surface area contributed by atoms with Gasteiger partial charge in [-0.1, -0.05) is 43.3 Å². The number of amides is 1. The highest BCUT2D eigenvalue weighted by Gasteiger charge is 2.28. The van der Waals surface area contributed by atoms with Gasteiger partial charge in [-0.3, -0.25) is 4.79 Å². The van der Waals surface area contributed by atoms with Crippen molar-refractivity contribution in [2.75, 3.05) is 37.7 Å². The largest absolute Gasteiger partial charge is 0.493 e. The van der Waals surface area contributed by atoms with E-state index in [0.717, 1.165) is 49.1 Å². The molecule has 150 valence electrons. The minimum absolute atomic E-state index is 0.166. The van der Waals surface area contributed by atoms with Gasteiger partial charge in [0.05, 0.1) is 11.5 Å². The third-order valence-electron chi connectivity index (χ3n) is 4.95. The Morgan fingerprint density at radius 2 is 1.69 bits per heavy atom. The fourth-order valence-corrected chi connectivity index (χ4v) is 4.37. The maximum Gasteiger partial charge on any atom is 0.286 e. The summed E-state index contributed by atoms with van der Waals surface area (Å²) in [7, 11) is 0. The van der Waals surface area contributed by atoms with Gasteiger partial charge in [-0.25, -0.2) is 0 Å². The van der Waals surface area contributed by atoms with Gasteiger partial charge in [-0.05, 0) is 42.5 Å². The van der Waals surface area contributed by atoms with Crippen molar-refractivity contribution < 1.29 is 9.53 Å². The molecule has 1 amide bonds. The molecule has 0 bridgehead atoms. The predicted octanol–water partition coefficient (Wildman–Crippen LogP) is 4.27. The van der Waals surface area contributed by atoms with Gasteiger partial charge in [0.1, 0.15) is 5.75 Å². The highest BCUT2D eigenvalue weighted by atomic mass is 32.2. The van der Waals surface area contributed by atoms with E-state index in [4.69, 9.17) is 4.74 Å². The maximum absolute atomic E-state index is 12.5. The monoisotopic (exact) mass is 407 g/mol. The Labute approximate surface area is 176 Å². The molecular formula is C23H25N3O2S. The number of anilines is 1. The topological polar surface area (TPSA) is 45.1 Å². The number of thioether (sulfide) groups is 1. The van der Waals surface area contributed by atoms with Crippen LogP contribution in [0.25, 0.3) is 6.08 Å². The molecule has 2 aromatic rings. The van der Waals surface area contributed by atoms with Crippen LogP contribution in [0.3, 0.4) is 0 Å². The number of para-hydroxylation sites is 2. The van der Waals surface area contributed by atoms with Crippen LogP contribution in [-0.2, 0) is 4.79 Å². The number of hydrogen-bond acceptors (Lipinski definition) is 5. The van der Waals surface area contributed by atoms with E-state index >= 15 is 0 Å². The standard InChI is InChI=1S/C23H25N3O2S/c1-2-16-28-20-11-7-6-8-18(20)17-21-22(27)24-23(29-21)26-14-12-25(13-15-26)19-9-4-3-5-10-19/h3-11,17H,2,12-16H2,1H3/b21-17+. The molecule has 2 heterocycles. The van der Waals surface area contributed by atoms with Crippen molar-refractivity contribution in [2.45, 2.75) is 13.3 Å². The molecule has 0 unspecified atom stereocenters. The number of ether oxygens (including phenoxy) is 1. The van der Waals surface area contributed by atoms with Crippen molar-refractivity contribution in [3.63, 3.8) is 0 Å². The molecule has 29 heavy (non-hydrogen) atoms. The van der Waals surface area contributed by atoms with Crippen molar-refractivity contribution in [3.8, 4) is 5.75 Å². The van der Waals surface area contributed by atoms with E-state index in [0.29, 0.717) is 11.5 Å². The van der Waals surface area contributed by atoms with E-state index in [1.807, 2.05) is 36.4 Å². The summed E-state index contributed by atoms with van der Waals surface area (Å²) in [6, 6.07) is 18.3. The van der Waals surface area contributed by atoms with Gasteiger partial charge >= 0.3 is 0 Å². The SMILES string of the molecule is CCCOc1ccccc1/C=C1/SC(N2CCN(c3ccccc3)CC2)=NC1=O. The van der Waals surface area contributed by atoms with E-state index in [-0.39, 0.29) is 5.91 Å². The molecule has 4 rings (SSSR count). The quantitative estimate of drug-likeness (QED) is 0.693. The van der Waals surface area contributed by atoms with Crippen molar-refractivity contribution in [1.82, 2.24) is 4.90 Å². The molecule has 6 heteroatoms. The summed E-state index contributed by atoms with van der Waals surface area (Å²) in [5.41, 5.74) is 2.16. The van der Waals surface area contributed by atoms with E-state index < -0.39 is 0 Å². The molecule has 1 fully saturated rings. The molecule has 0 N–H and O–H groups in total. The van der Waals surface area contributed by atoms with Crippen molar-refractivity contribution in [2.24, 2.45) is 4.99 Å². The minimum atomic E-state index is -0.166. The Kier molecular flexibility index (Phi) is 6.20. The normalized spacial score (nSPS) is 18.3. The molecular weight excluding hydrogens is 382 g/mol. The van der Waals surface area contributed by atoms with Crippen molar-refractivity contribution in [1.29, 1.82) is 0 Å². The van der Waals surface area contributed by atoms with Crippen LogP contribution in [0, 0.1) is 0 Å². The lowest BCUT2D eigenvalue weighted by Crippen LogP contribution is -2.47. The molecule has 0 spiro atoms. The summed E-state index contributed by atoms with van der Waals surface area (Å²) in [6.45, 7) is 6.30. The lowest BCUT2D eigenvalue weighted by Gasteiger charge is -2.36. The third kappa shape index (κ3) is 4.65. The Morgan fingerprint density at radius 1 is 1.00 bits per heavy atom. The van der Waals surface area contributed by atoms with E-state index in [2.05, 4.69) is 46.0 Å². The van der Waals surface area contributed by atoms with Crippen LogP contribution in [0.15, 0.2) is 64.5 Å². The van der Waals surface area contributed by atoms with Crippen LogP contribution in [0.2, 0.25) is 0 Å². The summed E-state index contributed by atoms with van der Waals surface area (Å²) in [5.74, 6) is 0.640. The first-order chi connectivity index (χ1) is 14.2. The molecule has 0 aromatic heterocycles. The lowest BCUT2D eigenvalue weighted by molar-refractivity contribution is -0.113. The molecule has 0 saturated carbocycles. The predicted molar refractivity (Wildman–Crippen MR) is 120 cm³/mol. The highest BCUT2D eigenvalue weighted by Crippen LogP contribution is 2.33. The number of rotatable bonds is 5. The van der Waals surface area contributed by atoms with E-state index in [1.54, 1.807) is 0 Å². The zero-order valence-corrected chi connectivity index (χ0v) is 17.4. The van der Waals surface area contributed by atoms with Gasteiger partial charge in [0, 0.05) is 37.4 Å². The number of carbonyl (C=O) groups excluding carboxylic acids is 1. The van der Waals surface area contributed by atoms with Crippen LogP contribution < -0.4 is 9.64 Å². The number of hydrogen-bond donors (Lipinski definition) is 0.